The molecule has 118 valence electrons. The van der Waals surface area contributed by atoms with E-state index in [4.69, 9.17) is 9.31 Å². The van der Waals surface area contributed by atoms with Gasteiger partial charge in [-0.15, -0.1) is 0 Å². The molecule has 2 rings (SSSR count). The van der Waals surface area contributed by atoms with Gasteiger partial charge in [-0.3, -0.25) is 0 Å². The van der Waals surface area contributed by atoms with Crippen molar-refractivity contribution in [3.05, 3.63) is 39.9 Å². The maximum atomic E-state index is 6.20. The summed E-state index contributed by atoms with van der Waals surface area (Å²) in [6.07, 6.45) is 8.26. The van der Waals surface area contributed by atoms with E-state index in [9.17, 15) is 0 Å². The molecule has 0 aliphatic carbocycles. The average Bonchev–Trinajstić information content (AvgIpc) is 2.62. The molecule has 0 unspecified atom stereocenters. The Bertz CT molecular complexity index is 602. The van der Waals surface area contributed by atoms with Crippen molar-refractivity contribution in [2.24, 2.45) is 0 Å². The summed E-state index contributed by atoms with van der Waals surface area (Å²) in [5.41, 5.74) is 2.66. The Kier molecular flexibility index (Phi) is 5.05. The molecule has 0 atom stereocenters. The highest BCUT2D eigenvalue weighted by molar-refractivity contribution is 9.10. The van der Waals surface area contributed by atoms with Crippen LogP contribution < -0.4 is 5.46 Å². The zero-order valence-electron chi connectivity index (χ0n) is 14.2. The topological polar surface area (TPSA) is 18.5 Å². The van der Waals surface area contributed by atoms with Crippen LogP contribution in [0.2, 0.25) is 0 Å². The summed E-state index contributed by atoms with van der Waals surface area (Å²) in [6.45, 7) is 12.3. The Hall–Kier alpha value is -0.835. The molecule has 1 aromatic rings. The molecule has 1 fully saturated rings. The first-order chi connectivity index (χ1) is 10.2. The van der Waals surface area contributed by atoms with Crippen molar-refractivity contribution >= 4 is 40.7 Å². The highest BCUT2D eigenvalue weighted by Crippen LogP contribution is 2.37. The monoisotopic (exact) mass is 362 g/mol. The van der Waals surface area contributed by atoms with Crippen molar-refractivity contribution < 1.29 is 9.31 Å². The van der Waals surface area contributed by atoms with Crippen molar-refractivity contribution in [2.75, 3.05) is 0 Å². The van der Waals surface area contributed by atoms with Gasteiger partial charge in [0.25, 0.3) is 0 Å². The predicted molar refractivity (Wildman–Crippen MR) is 99.3 cm³/mol. The Morgan fingerprint density at radius 2 is 1.41 bits per heavy atom. The van der Waals surface area contributed by atoms with E-state index in [2.05, 4.69) is 67.9 Å². The van der Waals surface area contributed by atoms with Crippen LogP contribution in [0.4, 0.5) is 0 Å². The largest absolute Gasteiger partial charge is 0.495 e. The van der Waals surface area contributed by atoms with E-state index in [0.29, 0.717) is 0 Å². The fourth-order valence-electron chi connectivity index (χ4n) is 2.43. The van der Waals surface area contributed by atoms with E-state index < -0.39 is 0 Å². The van der Waals surface area contributed by atoms with Crippen LogP contribution in [0.5, 0.6) is 0 Å². The van der Waals surface area contributed by atoms with Crippen LogP contribution in [0.3, 0.4) is 0 Å². The zero-order valence-corrected chi connectivity index (χ0v) is 15.8. The molecule has 0 bridgehead atoms. The summed E-state index contributed by atoms with van der Waals surface area (Å²) in [5, 5.41) is 0. The first-order valence-electron chi connectivity index (χ1n) is 7.66. The van der Waals surface area contributed by atoms with Gasteiger partial charge in [-0.05, 0) is 70.3 Å². The van der Waals surface area contributed by atoms with Crippen molar-refractivity contribution in [1.82, 2.24) is 0 Å². The van der Waals surface area contributed by atoms with Crippen molar-refractivity contribution in [3.63, 3.8) is 0 Å². The predicted octanol–water partition coefficient (Wildman–Crippen LogP) is 4.81. The van der Waals surface area contributed by atoms with Crippen molar-refractivity contribution in [3.8, 4) is 0 Å². The standard InChI is InChI=1S/C18H24BBrO2/c1-7-9-13-11-14(10-8-2)16(20)12-15(13)19-21-17(3,4)18(5,6)22-19/h7-12H,1-6H3/b9-7+,10-8+. The van der Waals surface area contributed by atoms with E-state index in [1.807, 2.05) is 26.0 Å². The quantitative estimate of drug-likeness (QED) is 0.718. The number of rotatable bonds is 3. The fourth-order valence-corrected chi connectivity index (χ4v) is 2.92. The molecule has 0 spiro atoms. The second-order valence-electron chi connectivity index (χ2n) is 6.59. The van der Waals surface area contributed by atoms with Gasteiger partial charge in [0, 0.05) is 4.47 Å². The lowest BCUT2D eigenvalue weighted by atomic mass is 9.75. The van der Waals surface area contributed by atoms with Gasteiger partial charge < -0.3 is 9.31 Å². The van der Waals surface area contributed by atoms with Gasteiger partial charge in [-0.1, -0.05) is 40.2 Å². The summed E-state index contributed by atoms with van der Waals surface area (Å²) in [7, 11) is -0.354. The van der Waals surface area contributed by atoms with E-state index in [1.165, 1.54) is 0 Å². The molecule has 1 aliphatic heterocycles. The molecule has 0 amide bonds. The van der Waals surface area contributed by atoms with Crippen LogP contribution in [0.15, 0.2) is 28.8 Å². The molecule has 1 heterocycles. The summed E-state index contributed by atoms with van der Waals surface area (Å²) in [5.74, 6) is 0. The van der Waals surface area contributed by atoms with E-state index in [1.54, 1.807) is 0 Å². The molecular formula is C18H24BBrO2. The molecular weight excluding hydrogens is 339 g/mol. The summed E-state index contributed by atoms with van der Waals surface area (Å²) >= 11 is 3.65. The zero-order chi connectivity index (χ0) is 16.5. The summed E-state index contributed by atoms with van der Waals surface area (Å²) < 4.78 is 13.4. The molecule has 0 aromatic heterocycles. The fraction of sp³-hybridized carbons (Fsp3) is 0.444. The molecule has 0 saturated carbocycles. The molecule has 2 nitrogen and oxygen atoms in total. The van der Waals surface area contributed by atoms with Gasteiger partial charge in [0.1, 0.15) is 0 Å². The van der Waals surface area contributed by atoms with E-state index >= 15 is 0 Å². The van der Waals surface area contributed by atoms with Gasteiger partial charge >= 0.3 is 7.12 Å². The lowest BCUT2D eigenvalue weighted by Crippen LogP contribution is -2.41. The van der Waals surface area contributed by atoms with Crippen molar-refractivity contribution in [2.45, 2.75) is 52.7 Å². The molecule has 1 saturated heterocycles. The second kappa shape index (κ2) is 6.35. The summed E-state index contributed by atoms with van der Waals surface area (Å²) in [6, 6.07) is 4.26. The Balaban J connectivity index is 2.50. The highest BCUT2D eigenvalue weighted by atomic mass is 79.9. The number of benzene rings is 1. The van der Waals surface area contributed by atoms with Gasteiger partial charge in [0.05, 0.1) is 11.2 Å². The van der Waals surface area contributed by atoms with E-state index in [0.717, 1.165) is 21.1 Å². The van der Waals surface area contributed by atoms with Gasteiger partial charge in [0.2, 0.25) is 0 Å². The van der Waals surface area contributed by atoms with Crippen LogP contribution in [0.25, 0.3) is 12.2 Å². The average molecular weight is 363 g/mol. The molecule has 0 N–H and O–H groups in total. The molecule has 1 aromatic carbocycles. The smallest absolute Gasteiger partial charge is 0.399 e. The lowest BCUT2D eigenvalue weighted by Gasteiger charge is -2.32. The number of halogens is 1. The molecule has 22 heavy (non-hydrogen) atoms. The highest BCUT2D eigenvalue weighted by Gasteiger charge is 2.52. The SMILES string of the molecule is C/C=C/c1cc(/C=C/C)c(B2OC(C)(C)C(C)(C)O2)cc1Br. The number of allylic oxidation sites excluding steroid dienone is 2. The van der Waals surface area contributed by atoms with Crippen LogP contribution in [0, 0.1) is 0 Å². The van der Waals surface area contributed by atoms with Crippen LogP contribution in [-0.2, 0) is 9.31 Å². The normalized spacial score (nSPS) is 20.4. The number of hydrogen-bond acceptors (Lipinski definition) is 2. The maximum Gasteiger partial charge on any atom is 0.495 e. The summed E-state index contributed by atoms with van der Waals surface area (Å²) in [4.78, 5) is 0. The van der Waals surface area contributed by atoms with Crippen LogP contribution >= 0.6 is 15.9 Å². The van der Waals surface area contributed by atoms with Gasteiger partial charge in [0.15, 0.2) is 0 Å². The first kappa shape index (κ1) is 17.5. The molecule has 4 heteroatoms. The Morgan fingerprint density at radius 1 is 0.909 bits per heavy atom. The minimum atomic E-state index is -0.354. The third-order valence-corrected chi connectivity index (χ3v) is 5.09. The Morgan fingerprint density at radius 3 is 1.91 bits per heavy atom. The number of hydrogen-bond donors (Lipinski definition) is 0. The second-order valence-corrected chi connectivity index (χ2v) is 7.45. The van der Waals surface area contributed by atoms with Crippen molar-refractivity contribution in [1.29, 1.82) is 0 Å². The molecule has 0 radical (unpaired) electrons. The minimum absolute atomic E-state index is 0.334. The third kappa shape index (κ3) is 3.24. The van der Waals surface area contributed by atoms with Gasteiger partial charge in [-0.25, -0.2) is 0 Å². The maximum absolute atomic E-state index is 6.20. The first-order valence-corrected chi connectivity index (χ1v) is 8.45. The van der Waals surface area contributed by atoms with Crippen LogP contribution in [0.1, 0.15) is 52.7 Å². The van der Waals surface area contributed by atoms with Crippen LogP contribution in [-0.4, -0.2) is 18.3 Å². The molecule has 1 aliphatic rings. The minimum Gasteiger partial charge on any atom is -0.399 e. The van der Waals surface area contributed by atoms with Gasteiger partial charge in [-0.2, -0.15) is 0 Å². The third-order valence-electron chi connectivity index (χ3n) is 4.40. The lowest BCUT2D eigenvalue weighted by molar-refractivity contribution is 0.00578. The Labute approximate surface area is 142 Å². The van der Waals surface area contributed by atoms with E-state index in [-0.39, 0.29) is 18.3 Å².